The fourth-order valence-electron chi connectivity index (χ4n) is 1.25. The second kappa shape index (κ2) is 6.21. The predicted molar refractivity (Wildman–Crippen MR) is 66.0 cm³/mol. The fraction of sp³-hybridized carbons (Fsp3) is 0.364. The van der Waals surface area contributed by atoms with E-state index in [1.165, 1.54) is 18.2 Å². The lowest BCUT2D eigenvalue weighted by Crippen LogP contribution is -2.13. The van der Waals surface area contributed by atoms with Crippen LogP contribution in [0.25, 0.3) is 0 Å². The van der Waals surface area contributed by atoms with Crippen LogP contribution in [0.1, 0.15) is 18.9 Å². The van der Waals surface area contributed by atoms with Gasteiger partial charge >= 0.3 is 0 Å². The molecule has 1 atom stereocenters. The van der Waals surface area contributed by atoms with Crippen molar-refractivity contribution in [3.63, 3.8) is 0 Å². The summed E-state index contributed by atoms with van der Waals surface area (Å²) in [4.78, 5) is 10.2. The lowest BCUT2D eigenvalue weighted by atomic mass is 10.2. The first-order valence-corrected chi connectivity index (χ1v) is 6.14. The SMILES string of the molecule is CCC(C#N)Oc1ccc([N+](=O)[O-])cc1CBr. The molecule has 90 valence electrons. The number of nitrogens with zero attached hydrogens (tertiary/aromatic N) is 2. The third-order valence-electron chi connectivity index (χ3n) is 2.18. The summed E-state index contributed by atoms with van der Waals surface area (Å²) >= 11 is 3.24. The molecule has 0 N–H and O–H groups in total. The molecule has 0 radical (unpaired) electrons. The van der Waals surface area contributed by atoms with E-state index < -0.39 is 11.0 Å². The summed E-state index contributed by atoms with van der Waals surface area (Å²) in [5.41, 5.74) is 0.671. The summed E-state index contributed by atoms with van der Waals surface area (Å²) in [7, 11) is 0. The van der Waals surface area contributed by atoms with Gasteiger partial charge < -0.3 is 4.74 Å². The van der Waals surface area contributed by atoms with Crippen molar-refractivity contribution >= 4 is 21.6 Å². The van der Waals surface area contributed by atoms with Crippen molar-refractivity contribution in [2.24, 2.45) is 0 Å². The zero-order chi connectivity index (χ0) is 12.8. The maximum Gasteiger partial charge on any atom is 0.270 e. The van der Waals surface area contributed by atoms with Crippen molar-refractivity contribution < 1.29 is 9.66 Å². The molecule has 0 saturated heterocycles. The standard InChI is InChI=1S/C11H11BrN2O3/c1-2-10(7-13)17-11-4-3-9(14(15)16)5-8(11)6-12/h3-5,10H,2,6H2,1H3. The Morgan fingerprint density at radius 2 is 2.35 bits per heavy atom. The van der Waals surface area contributed by atoms with Gasteiger partial charge in [-0.05, 0) is 12.5 Å². The lowest BCUT2D eigenvalue weighted by molar-refractivity contribution is -0.384. The molecule has 5 nitrogen and oxygen atoms in total. The Balaban J connectivity index is 3.01. The first-order chi connectivity index (χ1) is 8.12. The van der Waals surface area contributed by atoms with Gasteiger partial charge in [0.25, 0.3) is 5.69 Å². The number of benzene rings is 1. The smallest absolute Gasteiger partial charge is 0.270 e. The summed E-state index contributed by atoms with van der Waals surface area (Å²) < 4.78 is 5.46. The summed E-state index contributed by atoms with van der Waals surface area (Å²) in [6, 6.07) is 6.35. The molecular formula is C11H11BrN2O3. The molecule has 1 aromatic rings. The molecule has 0 aliphatic rings. The number of nitriles is 1. The van der Waals surface area contributed by atoms with E-state index in [-0.39, 0.29) is 5.69 Å². The van der Waals surface area contributed by atoms with Crippen molar-refractivity contribution in [3.05, 3.63) is 33.9 Å². The van der Waals surface area contributed by atoms with Gasteiger partial charge in [-0.2, -0.15) is 5.26 Å². The zero-order valence-corrected chi connectivity index (χ0v) is 10.8. The average Bonchev–Trinajstić information content (AvgIpc) is 2.35. The molecule has 0 spiro atoms. The number of halogens is 1. The molecule has 6 heteroatoms. The number of hydrogen-bond donors (Lipinski definition) is 0. The van der Waals surface area contributed by atoms with E-state index in [0.717, 1.165) is 0 Å². The Morgan fingerprint density at radius 1 is 1.65 bits per heavy atom. The van der Waals surface area contributed by atoms with Gasteiger partial charge in [0.05, 0.1) is 4.92 Å². The first-order valence-electron chi connectivity index (χ1n) is 5.02. The highest BCUT2D eigenvalue weighted by molar-refractivity contribution is 9.08. The monoisotopic (exact) mass is 298 g/mol. The first kappa shape index (κ1) is 13.5. The largest absolute Gasteiger partial charge is 0.475 e. The molecule has 0 aromatic heterocycles. The van der Waals surface area contributed by atoms with Crippen LogP contribution < -0.4 is 4.74 Å². The van der Waals surface area contributed by atoms with Gasteiger partial charge in [-0.3, -0.25) is 10.1 Å². The molecule has 1 rings (SSSR count). The number of nitro benzene ring substituents is 1. The zero-order valence-electron chi connectivity index (χ0n) is 9.22. The predicted octanol–water partition coefficient (Wildman–Crippen LogP) is 3.17. The van der Waals surface area contributed by atoms with Crippen molar-refractivity contribution in [2.45, 2.75) is 24.8 Å². The second-order valence-corrected chi connectivity index (χ2v) is 3.89. The van der Waals surface area contributed by atoms with Crippen LogP contribution in [0.5, 0.6) is 5.75 Å². The second-order valence-electron chi connectivity index (χ2n) is 3.33. The van der Waals surface area contributed by atoms with E-state index in [1.807, 2.05) is 13.0 Å². The summed E-state index contributed by atoms with van der Waals surface area (Å²) in [6.07, 6.45) is 0.0316. The average molecular weight is 299 g/mol. The van der Waals surface area contributed by atoms with Crippen LogP contribution in [0.2, 0.25) is 0 Å². The van der Waals surface area contributed by atoms with Crippen LogP contribution in [0.4, 0.5) is 5.69 Å². The molecule has 0 aliphatic carbocycles. The van der Waals surface area contributed by atoms with Crippen LogP contribution >= 0.6 is 15.9 Å². The van der Waals surface area contributed by atoms with Crippen molar-refractivity contribution in [2.75, 3.05) is 0 Å². The number of hydrogen-bond acceptors (Lipinski definition) is 4. The van der Waals surface area contributed by atoms with E-state index in [9.17, 15) is 10.1 Å². The molecule has 1 aromatic carbocycles. The van der Waals surface area contributed by atoms with Crippen LogP contribution in [0.3, 0.4) is 0 Å². The quantitative estimate of drug-likeness (QED) is 0.475. The molecule has 17 heavy (non-hydrogen) atoms. The van der Waals surface area contributed by atoms with Crippen molar-refractivity contribution in [1.82, 2.24) is 0 Å². The fourth-order valence-corrected chi connectivity index (χ4v) is 1.69. The summed E-state index contributed by atoms with van der Waals surface area (Å²) in [5, 5.41) is 19.8. The van der Waals surface area contributed by atoms with Gasteiger partial charge in [0.2, 0.25) is 0 Å². The third-order valence-corrected chi connectivity index (χ3v) is 2.79. The Hall–Kier alpha value is -1.61. The van der Waals surface area contributed by atoms with E-state index in [1.54, 1.807) is 0 Å². The Morgan fingerprint density at radius 3 is 2.82 bits per heavy atom. The number of non-ortho nitro benzene ring substituents is 1. The summed E-state index contributed by atoms with van der Waals surface area (Å²) in [5.74, 6) is 0.501. The van der Waals surface area contributed by atoms with Crippen LogP contribution in [0.15, 0.2) is 18.2 Å². The van der Waals surface area contributed by atoms with E-state index in [0.29, 0.717) is 23.1 Å². The molecule has 0 fully saturated rings. The van der Waals surface area contributed by atoms with Gasteiger partial charge in [-0.25, -0.2) is 0 Å². The minimum Gasteiger partial charge on any atom is -0.475 e. The van der Waals surface area contributed by atoms with Crippen LogP contribution in [0, 0.1) is 21.4 Å². The molecule has 0 aliphatic heterocycles. The van der Waals surface area contributed by atoms with E-state index in [2.05, 4.69) is 15.9 Å². The minimum absolute atomic E-state index is 0.0109. The molecule has 0 bridgehead atoms. The van der Waals surface area contributed by atoms with Gasteiger partial charge in [0.1, 0.15) is 11.8 Å². The Kier molecular flexibility index (Phi) is 4.91. The van der Waals surface area contributed by atoms with Crippen LogP contribution in [-0.2, 0) is 5.33 Å². The van der Waals surface area contributed by atoms with E-state index >= 15 is 0 Å². The maximum absolute atomic E-state index is 10.6. The lowest BCUT2D eigenvalue weighted by Gasteiger charge is -2.13. The molecule has 0 amide bonds. The Bertz CT molecular complexity index is 457. The number of nitro groups is 1. The van der Waals surface area contributed by atoms with Crippen molar-refractivity contribution in [1.29, 1.82) is 5.26 Å². The van der Waals surface area contributed by atoms with Crippen molar-refractivity contribution in [3.8, 4) is 11.8 Å². The number of ether oxygens (including phenoxy) is 1. The molecule has 0 saturated carbocycles. The maximum atomic E-state index is 10.6. The van der Waals surface area contributed by atoms with Gasteiger partial charge in [0, 0.05) is 23.0 Å². The van der Waals surface area contributed by atoms with Gasteiger partial charge in [-0.15, -0.1) is 0 Å². The van der Waals surface area contributed by atoms with E-state index in [4.69, 9.17) is 10.00 Å². The highest BCUT2D eigenvalue weighted by atomic mass is 79.9. The normalized spacial score (nSPS) is 11.6. The van der Waals surface area contributed by atoms with Gasteiger partial charge in [0.15, 0.2) is 6.10 Å². The molecule has 1 unspecified atom stereocenters. The third kappa shape index (κ3) is 3.43. The topological polar surface area (TPSA) is 76.2 Å². The molecule has 0 heterocycles. The minimum atomic E-state index is -0.533. The number of rotatable bonds is 5. The molecular weight excluding hydrogens is 288 g/mol. The highest BCUT2D eigenvalue weighted by Gasteiger charge is 2.14. The Labute approximate surface area is 107 Å². The highest BCUT2D eigenvalue weighted by Crippen LogP contribution is 2.27. The van der Waals surface area contributed by atoms with Gasteiger partial charge in [-0.1, -0.05) is 22.9 Å². The summed E-state index contributed by atoms with van der Waals surface area (Å²) in [6.45, 7) is 1.84. The number of alkyl halides is 1. The van der Waals surface area contributed by atoms with Crippen LogP contribution in [-0.4, -0.2) is 11.0 Å².